The van der Waals surface area contributed by atoms with Gasteiger partial charge in [0.25, 0.3) is 0 Å². The minimum atomic E-state index is -0.354. The number of hydrogen-bond donors (Lipinski definition) is 0. The highest BCUT2D eigenvalue weighted by atomic mass is 16.6. The summed E-state index contributed by atoms with van der Waals surface area (Å²) in [5.41, 5.74) is 0. The molecule has 0 unspecified atom stereocenters. The molecule has 0 N–H and O–H groups in total. The van der Waals surface area contributed by atoms with E-state index >= 15 is 0 Å². The van der Waals surface area contributed by atoms with Crippen LogP contribution < -0.4 is 0 Å². The second-order valence-corrected chi connectivity index (χ2v) is 5.27. The monoisotopic (exact) mass is 250 g/mol. The maximum atomic E-state index is 10.9. The molecule has 0 aromatic carbocycles. The standard InChI is InChI=1S/C12H18N4O2/c17-16(18)12-7-8-13-15(12)9-14(11-5-6-11)10-3-1-2-4-10/h7-8,10-11H,1-6,9H2. The molecule has 1 heterocycles. The molecule has 2 saturated carbocycles. The zero-order valence-corrected chi connectivity index (χ0v) is 10.4. The number of hydrogen-bond acceptors (Lipinski definition) is 4. The van der Waals surface area contributed by atoms with Gasteiger partial charge in [0, 0.05) is 12.1 Å². The fourth-order valence-corrected chi connectivity index (χ4v) is 2.92. The summed E-state index contributed by atoms with van der Waals surface area (Å²) in [5.74, 6) is 0.0960. The van der Waals surface area contributed by atoms with Gasteiger partial charge in [-0.1, -0.05) is 17.9 Å². The number of rotatable bonds is 5. The van der Waals surface area contributed by atoms with Gasteiger partial charge in [0.05, 0.1) is 12.3 Å². The molecule has 0 amide bonds. The number of nitrogens with zero attached hydrogens (tertiary/aromatic N) is 4. The topological polar surface area (TPSA) is 64.2 Å². The van der Waals surface area contributed by atoms with Gasteiger partial charge >= 0.3 is 5.82 Å². The van der Waals surface area contributed by atoms with Crippen LogP contribution >= 0.6 is 0 Å². The number of aromatic nitrogens is 2. The van der Waals surface area contributed by atoms with Crippen molar-refractivity contribution < 1.29 is 4.92 Å². The minimum absolute atomic E-state index is 0.0960. The Morgan fingerprint density at radius 2 is 2.00 bits per heavy atom. The van der Waals surface area contributed by atoms with Crippen molar-refractivity contribution >= 4 is 5.82 Å². The Labute approximate surface area is 106 Å². The van der Waals surface area contributed by atoms with Crippen LogP contribution in [0.4, 0.5) is 5.82 Å². The fraction of sp³-hybridized carbons (Fsp3) is 0.750. The van der Waals surface area contributed by atoms with Crippen LogP contribution in [0.3, 0.4) is 0 Å². The highest BCUT2D eigenvalue weighted by molar-refractivity contribution is 5.16. The van der Waals surface area contributed by atoms with Gasteiger partial charge in [-0.15, -0.1) is 4.68 Å². The van der Waals surface area contributed by atoms with Crippen LogP contribution in [0.15, 0.2) is 12.3 Å². The smallest absolute Gasteiger partial charge is 0.346 e. The number of nitro groups is 1. The molecule has 6 nitrogen and oxygen atoms in total. The van der Waals surface area contributed by atoms with Crippen molar-refractivity contribution in [3.63, 3.8) is 0 Å². The molecule has 1 aromatic heterocycles. The second-order valence-electron chi connectivity index (χ2n) is 5.27. The quantitative estimate of drug-likeness (QED) is 0.593. The summed E-state index contributed by atoms with van der Waals surface area (Å²) >= 11 is 0. The van der Waals surface area contributed by atoms with E-state index in [1.165, 1.54) is 55.5 Å². The Morgan fingerprint density at radius 3 is 2.61 bits per heavy atom. The third-order valence-electron chi connectivity index (χ3n) is 3.99. The third-order valence-corrected chi connectivity index (χ3v) is 3.99. The summed E-state index contributed by atoms with van der Waals surface area (Å²) in [6.07, 6.45) is 9.00. The molecule has 0 bridgehead atoms. The first-order chi connectivity index (χ1) is 8.75. The van der Waals surface area contributed by atoms with E-state index in [0.717, 1.165) is 0 Å². The Kier molecular flexibility index (Phi) is 3.03. The van der Waals surface area contributed by atoms with Crippen LogP contribution in [0.2, 0.25) is 0 Å². The lowest BCUT2D eigenvalue weighted by molar-refractivity contribution is -0.393. The van der Waals surface area contributed by atoms with E-state index in [9.17, 15) is 10.1 Å². The lowest BCUT2D eigenvalue weighted by Crippen LogP contribution is -2.37. The molecule has 1 aromatic rings. The maximum absolute atomic E-state index is 10.9. The molecule has 0 aliphatic heterocycles. The van der Waals surface area contributed by atoms with Gasteiger partial charge in [-0.2, -0.15) is 0 Å². The van der Waals surface area contributed by atoms with Gasteiger partial charge in [-0.05, 0) is 30.6 Å². The van der Waals surface area contributed by atoms with Gasteiger partial charge in [-0.3, -0.25) is 4.90 Å². The highest BCUT2D eigenvalue weighted by Gasteiger charge is 2.37. The Hall–Kier alpha value is -1.43. The minimum Gasteiger partial charge on any atom is -0.358 e. The molecule has 98 valence electrons. The summed E-state index contributed by atoms with van der Waals surface area (Å²) in [4.78, 5) is 13.0. The summed E-state index contributed by atoms with van der Waals surface area (Å²) < 4.78 is 1.52. The molecule has 6 heteroatoms. The second kappa shape index (κ2) is 4.68. The van der Waals surface area contributed by atoms with Crippen molar-refractivity contribution in [3.05, 3.63) is 22.4 Å². The Morgan fingerprint density at radius 1 is 1.33 bits per heavy atom. The maximum Gasteiger partial charge on any atom is 0.346 e. The van der Waals surface area contributed by atoms with Crippen LogP contribution in [0.25, 0.3) is 0 Å². The van der Waals surface area contributed by atoms with Crippen molar-refractivity contribution in [2.75, 3.05) is 0 Å². The largest absolute Gasteiger partial charge is 0.358 e. The van der Waals surface area contributed by atoms with E-state index in [1.807, 2.05) is 0 Å². The van der Waals surface area contributed by atoms with Crippen LogP contribution in [0, 0.1) is 10.1 Å². The normalized spacial score (nSPS) is 20.7. The van der Waals surface area contributed by atoms with Crippen molar-refractivity contribution in [2.24, 2.45) is 0 Å². The summed E-state index contributed by atoms with van der Waals surface area (Å²) in [5, 5.41) is 15.0. The van der Waals surface area contributed by atoms with Gasteiger partial charge < -0.3 is 10.1 Å². The summed E-state index contributed by atoms with van der Waals surface area (Å²) in [7, 11) is 0. The van der Waals surface area contributed by atoms with E-state index in [2.05, 4.69) is 10.00 Å². The highest BCUT2D eigenvalue weighted by Crippen LogP contribution is 2.35. The molecule has 2 aliphatic carbocycles. The summed E-state index contributed by atoms with van der Waals surface area (Å²) in [6, 6.07) is 2.69. The van der Waals surface area contributed by atoms with E-state index in [0.29, 0.717) is 18.8 Å². The average Bonchev–Trinajstić information content (AvgIpc) is 2.88. The third kappa shape index (κ3) is 2.25. The van der Waals surface area contributed by atoms with E-state index in [1.54, 1.807) is 0 Å². The fourth-order valence-electron chi connectivity index (χ4n) is 2.92. The predicted molar refractivity (Wildman–Crippen MR) is 66.0 cm³/mol. The molecule has 0 radical (unpaired) electrons. The molecule has 2 aliphatic rings. The Bertz CT molecular complexity index is 435. The van der Waals surface area contributed by atoms with Gasteiger partial charge in [0.2, 0.25) is 0 Å². The van der Waals surface area contributed by atoms with Gasteiger partial charge in [0.15, 0.2) is 6.67 Å². The first-order valence-corrected chi connectivity index (χ1v) is 6.67. The predicted octanol–water partition coefficient (Wildman–Crippen LogP) is 2.16. The van der Waals surface area contributed by atoms with E-state index in [-0.39, 0.29) is 10.7 Å². The molecule has 0 spiro atoms. The first kappa shape index (κ1) is 11.6. The van der Waals surface area contributed by atoms with Gasteiger partial charge in [-0.25, -0.2) is 0 Å². The Balaban J connectivity index is 1.75. The molecule has 0 atom stereocenters. The SMILES string of the molecule is O=[N+]([O-])c1ccnn1CN(C1CCCC1)C1CC1. The first-order valence-electron chi connectivity index (χ1n) is 6.67. The van der Waals surface area contributed by atoms with Crippen molar-refractivity contribution in [2.45, 2.75) is 57.3 Å². The molecular formula is C12H18N4O2. The van der Waals surface area contributed by atoms with Crippen LogP contribution in [-0.2, 0) is 6.67 Å². The lowest BCUT2D eigenvalue weighted by Gasteiger charge is -2.26. The zero-order valence-electron chi connectivity index (χ0n) is 10.4. The van der Waals surface area contributed by atoms with E-state index < -0.39 is 0 Å². The van der Waals surface area contributed by atoms with Crippen LogP contribution in [0.5, 0.6) is 0 Å². The molecule has 2 fully saturated rings. The summed E-state index contributed by atoms with van der Waals surface area (Å²) in [6.45, 7) is 0.568. The van der Waals surface area contributed by atoms with E-state index in [4.69, 9.17) is 0 Å². The van der Waals surface area contributed by atoms with Crippen molar-refractivity contribution in [3.8, 4) is 0 Å². The van der Waals surface area contributed by atoms with Crippen LogP contribution in [0.1, 0.15) is 38.5 Å². The zero-order chi connectivity index (χ0) is 12.5. The van der Waals surface area contributed by atoms with Gasteiger partial charge in [0.1, 0.15) is 0 Å². The van der Waals surface area contributed by atoms with Crippen molar-refractivity contribution in [1.29, 1.82) is 0 Å². The lowest BCUT2D eigenvalue weighted by atomic mass is 10.2. The van der Waals surface area contributed by atoms with Crippen molar-refractivity contribution in [1.82, 2.24) is 14.7 Å². The molecule has 0 saturated heterocycles. The molecule has 3 rings (SSSR count). The molecule has 18 heavy (non-hydrogen) atoms. The van der Waals surface area contributed by atoms with Crippen LogP contribution in [-0.4, -0.2) is 31.7 Å². The molecular weight excluding hydrogens is 232 g/mol. The average molecular weight is 250 g/mol.